The fourth-order valence-corrected chi connectivity index (χ4v) is 3.83. The number of pyridine rings is 3. The van der Waals surface area contributed by atoms with Crippen LogP contribution >= 0.6 is 0 Å². The molecular formula is C25H25N7O3. The molecule has 5 N–H and O–H groups in total. The number of nitrogens with two attached hydrogens (primary N) is 2. The second kappa shape index (κ2) is 9.64. The second-order valence-electron chi connectivity index (χ2n) is 7.99. The lowest BCUT2D eigenvalue weighted by Gasteiger charge is -2.18. The Balaban J connectivity index is 1.58. The van der Waals surface area contributed by atoms with Gasteiger partial charge in [0.2, 0.25) is 5.43 Å². The molecule has 0 fully saturated rings. The standard InChI is InChI=1S/C25H25N7O3/c1-3-32-22(26)20(23(27)34)21(33)18-10-11-19(30-24(18)32)16-6-8-17(9-7-16)29-25(35)31(2)14-15-5-4-12-28-13-15/h4-13H,3,14,26H2,1-2H3,(H2,27,34)(H,29,35). The van der Waals surface area contributed by atoms with E-state index < -0.39 is 11.3 Å². The molecule has 0 unspecified atom stereocenters. The minimum atomic E-state index is -0.871. The predicted molar refractivity (Wildman–Crippen MR) is 135 cm³/mol. The second-order valence-corrected chi connectivity index (χ2v) is 7.99. The first kappa shape index (κ1) is 23.4. The quantitative estimate of drug-likeness (QED) is 0.394. The summed E-state index contributed by atoms with van der Waals surface area (Å²) in [6.45, 7) is 2.66. The Kier molecular flexibility index (Phi) is 6.45. The van der Waals surface area contributed by atoms with Crippen molar-refractivity contribution in [3.63, 3.8) is 0 Å². The van der Waals surface area contributed by atoms with Crippen LogP contribution in [0.5, 0.6) is 0 Å². The highest BCUT2D eigenvalue weighted by Gasteiger charge is 2.19. The largest absolute Gasteiger partial charge is 0.384 e. The van der Waals surface area contributed by atoms with E-state index in [9.17, 15) is 14.4 Å². The first-order valence-corrected chi connectivity index (χ1v) is 10.9. The van der Waals surface area contributed by atoms with E-state index in [0.717, 1.165) is 11.1 Å². The summed E-state index contributed by atoms with van der Waals surface area (Å²) in [6, 6.07) is 14.0. The number of hydrogen-bond donors (Lipinski definition) is 3. The van der Waals surface area contributed by atoms with E-state index in [2.05, 4.69) is 15.3 Å². The fourth-order valence-electron chi connectivity index (χ4n) is 3.83. The number of benzene rings is 1. The minimum absolute atomic E-state index is 0.00406. The lowest BCUT2D eigenvalue weighted by atomic mass is 10.1. The third-order valence-corrected chi connectivity index (χ3v) is 5.63. The van der Waals surface area contributed by atoms with Gasteiger partial charge in [0, 0.05) is 43.8 Å². The molecule has 1 aromatic carbocycles. The summed E-state index contributed by atoms with van der Waals surface area (Å²) in [7, 11) is 1.71. The molecular weight excluding hydrogens is 446 g/mol. The highest BCUT2D eigenvalue weighted by Crippen LogP contribution is 2.24. The number of primary amides is 1. The van der Waals surface area contributed by atoms with Gasteiger partial charge in [0.1, 0.15) is 17.0 Å². The van der Waals surface area contributed by atoms with Crippen LogP contribution in [0.2, 0.25) is 0 Å². The van der Waals surface area contributed by atoms with Crippen LogP contribution in [0.25, 0.3) is 22.3 Å². The Morgan fingerprint density at radius 2 is 1.86 bits per heavy atom. The number of carbonyl (C=O) groups excluding carboxylic acids is 2. The number of aryl methyl sites for hydroxylation is 1. The summed E-state index contributed by atoms with van der Waals surface area (Å²) in [5, 5.41) is 3.12. The van der Waals surface area contributed by atoms with Crippen LogP contribution in [0, 0.1) is 0 Å². The summed E-state index contributed by atoms with van der Waals surface area (Å²) < 4.78 is 1.59. The molecule has 3 heterocycles. The van der Waals surface area contributed by atoms with E-state index in [0.29, 0.717) is 30.1 Å². The van der Waals surface area contributed by atoms with Crippen molar-refractivity contribution in [3.8, 4) is 11.3 Å². The van der Waals surface area contributed by atoms with Crippen LogP contribution in [0.4, 0.5) is 16.3 Å². The third kappa shape index (κ3) is 4.67. The highest BCUT2D eigenvalue weighted by molar-refractivity contribution is 6.00. The van der Waals surface area contributed by atoms with Gasteiger partial charge in [-0.05, 0) is 42.8 Å². The maximum Gasteiger partial charge on any atom is 0.321 e. The molecule has 10 nitrogen and oxygen atoms in total. The third-order valence-electron chi connectivity index (χ3n) is 5.63. The molecule has 3 amide bonds. The summed E-state index contributed by atoms with van der Waals surface area (Å²) in [6.07, 6.45) is 3.40. The van der Waals surface area contributed by atoms with E-state index in [1.165, 1.54) is 0 Å². The predicted octanol–water partition coefficient (Wildman–Crippen LogP) is 2.82. The van der Waals surface area contributed by atoms with Crippen molar-refractivity contribution >= 4 is 34.5 Å². The van der Waals surface area contributed by atoms with Crippen LogP contribution in [-0.2, 0) is 13.1 Å². The van der Waals surface area contributed by atoms with E-state index in [4.69, 9.17) is 11.5 Å². The van der Waals surface area contributed by atoms with Gasteiger partial charge < -0.3 is 26.3 Å². The van der Waals surface area contributed by atoms with Crippen LogP contribution in [-0.4, -0.2) is 38.4 Å². The molecule has 0 atom stereocenters. The zero-order chi connectivity index (χ0) is 25.1. The summed E-state index contributed by atoms with van der Waals surface area (Å²) in [5.41, 5.74) is 14.0. The number of nitrogen functional groups attached to an aromatic ring is 1. The highest BCUT2D eigenvalue weighted by atomic mass is 16.2. The molecule has 10 heteroatoms. The fraction of sp³-hybridized carbons (Fsp3) is 0.160. The van der Waals surface area contributed by atoms with Crippen molar-refractivity contribution in [2.24, 2.45) is 5.73 Å². The van der Waals surface area contributed by atoms with Crippen molar-refractivity contribution in [1.82, 2.24) is 19.4 Å². The van der Waals surface area contributed by atoms with E-state index >= 15 is 0 Å². The van der Waals surface area contributed by atoms with E-state index in [1.807, 2.05) is 31.2 Å². The smallest absolute Gasteiger partial charge is 0.321 e. The van der Waals surface area contributed by atoms with Gasteiger partial charge in [0.15, 0.2) is 0 Å². The molecule has 0 aliphatic carbocycles. The molecule has 0 saturated heterocycles. The zero-order valence-corrected chi connectivity index (χ0v) is 19.4. The minimum Gasteiger partial charge on any atom is -0.384 e. The van der Waals surface area contributed by atoms with Crippen molar-refractivity contribution in [3.05, 3.63) is 82.3 Å². The van der Waals surface area contributed by atoms with Crippen molar-refractivity contribution in [1.29, 1.82) is 0 Å². The molecule has 0 aliphatic rings. The van der Waals surface area contributed by atoms with E-state index in [1.54, 1.807) is 53.2 Å². The molecule has 35 heavy (non-hydrogen) atoms. The Morgan fingerprint density at radius 3 is 2.49 bits per heavy atom. The first-order valence-electron chi connectivity index (χ1n) is 10.9. The number of rotatable bonds is 6. The molecule has 0 spiro atoms. The van der Waals surface area contributed by atoms with Crippen molar-refractivity contribution < 1.29 is 9.59 Å². The molecule has 0 aliphatic heterocycles. The average Bonchev–Trinajstić information content (AvgIpc) is 2.85. The Hall–Kier alpha value is -4.73. The maximum atomic E-state index is 12.7. The Bertz CT molecular complexity index is 1460. The molecule has 0 radical (unpaired) electrons. The van der Waals surface area contributed by atoms with Crippen LogP contribution < -0.4 is 22.2 Å². The molecule has 0 bridgehead atoms. The Labute approximate surface area is 201 Å². The monoisotopic (exact) mass is 471 g/mol. The van der Waals surface area contributed by atoms with E-state index in [-0.39, 0.29) is 22.8 Å². The van der Waals surface area contributed by atoms with Crippen LogP contribution in [0.3, 0.4) is 0 Å². The number of nitrogens with zero attached hydrogens (tertiary/aromatic N) is 4. The van der Waals surface area contributed by atoms with Gasteiger partial charge in [0.25, 0.3) is 5.91 Å². The molecule has 0 saturated carbocycles. The van der Waals surface area contributed by atoms with Gasteiger partial charge in [-0.1, -0.05) is 18.2 Å². The number of fused-ring (bicyclic) bond motifs is 1. The number of amides is 3. The zero-order valence-electron chi connectivity index (χ0n) is 19.4. The summed E-state index contributed by atoms with van der Waals surface area (Å²) >= 11 is 0. The number of anilines is 2. The maximum absolute atomic E-state index is 12.7. The van der Waals surface area contributed by atoms with Gasteiger partial charge in [0.05, 0.1) is 11.1 Å². The molecule has 178 valence electrons. The number of carbonyl (C=O) groups is 2. The number of aromatic nitrogens is 3. The molecule has 3 aromatic heterocycles. The van der Waals surface area contributed by atoms with Gasteiger partial charge in [-0.15, -0.1) is 0 Å². The normalized spacial score (nSPS) is 10.8. The van der Waals surface area contributed by atoms with Gasteiger partial charge in [-0.2, -0.15) is 0 Å². The van der Waals surface area contributed by atoms with Crippen LogP contribution in [0.1, 0.15) is 22.8 Å². The summed E-state index contributed by atoms with van der Waals surface area (Å²) in [4.78, 5) is 47.3. The number of nitrogens with one attached hydrogen (secondary N) is 1. The molecule has 4 rings (SSSR count). The average molecular weight is 472 g/mol. The lowest BCUT2D eigenvalue weighted by Crippen LogP contribution is -2.30. The number of hydrogen-bond acceptors (Lipinski definition) is 6. The van der Waals surface area contributed by atoms with Crippen molar-refractivity contribution in [2.45, 2.75) is 20.0 Å². The Morgan fingerprint density at radius 1 is 1.11 bits per heavy atom. The SMILES string of the molecule is CCn1c(N)c(C(N)=O)c(=O)c2ccc(-c3ccc(NC(=O)N(C)Cc4cccnc4)cc3)nc21. The number of urea groups is 1. The lowest BCUT2D eigenvalue weighted by molar-refractivity contribution is 0.0999. The molecule has 4 aromatic rings. The van der Waals surface area contributed by atoms with Crippen molar-refractivity contribution in [2.75, 3.05) is 18.1 Å². The first-order chi connectivity index (χ1) is 16.8. The summed E-state index contributed by atoms with van der Waals surface area (Å²) in [5.74, 6) is -0.875. The van der Waals surface area contributed by atoms with Gasteiger partial charge >= 0.3 is 6.03 Å². The van der Waals surface area contributed by atoms with Gasteiger partial charge in [-0.25, -0.2) is 9.78 Å². The van der Waals surface area contributed by atoms with Gasteiger partial charge in [-0.3, -0.25) is 14.6 Å². The van der Waals surface area contributed by atoms with Crippen LogP contribution in [0.15, 0.2) is 65.7 Å². The topological polar surface area (TPSA) is 149 Å².